The summed E-state index contributed by atoms with van der Waals surface area (Å²) in [6.07, 6.45) is 1.80. The van der Waals surface area contributed by atoms with Gasteiger partial charge in [0.05, 0.1) is 15.7 Å². The smallest absolute Gasteiger partial charge is 0.335 e. The standard InChI is InChI=1S/C21H16BrNO3/c22-19-12-16(13-23-18-4-2-1-3-5-18)8-11-20(19)26-14-15-6-9-17(10-7-15)21(24)25/h1-13H,14H2,(H,24,25). The maximum Gasteiger partial charge on any atom is 0.335 e. The summed E-state index contributed by atoms with van der Waals surface area (Å²) in [6, 6.07) is 22.1. The average Bonchev–Trinajstić information content (AvgIpc) is 2.67. The number of nitrogens with zero attached hydrogens (tertiary/aromatic N) is 1. The third-order valence-corrected chi connectivity index (χ3v) is 4.29. The van der Waals surface area contributed by atoms with E-state index in [-0.39, 0.29) is 5.56 Å². The molecule has 0 saturated heterocycles. The minimum atomic E-state index is -0.937. The van der Waals surface area contributed by atoms with Gasteiger partial charge in [-0.05, 0) is 69.5 Å². The van der Waals surface area contributed by atoms with Crippen LogP contribution in [-0.2, 0) is 6.61 Å². The second-order valence-electron chi connectivity index (χ2n) is 5.57. The molecule has 0 aromatic heterocycles. The highest BCUT2D eigenvalue weighted by molar-refractivity contribution is 9.10. The molecule has 0 spiro atoms. The number of halogens is 1. The van der Waals surface area contributed by atoms with Crippen molar-refractivity contribution in [1.82, 2.24) is 0 Å². The number of para-hydroxylation sites is 1. The largest absolute Gasteiger partial charge is 0.488 e. The molecule has 0 atom stereocenters. The Labute approximate surface area is 159 Å². The highest BCUT2D eigenvalue weighted by Crippen LogP contribution is 2.26. The summed E-state index contributed by atoms with van der Waals surface area (Å²) in [5.41, 5.74) is 3.02. The summed E-state index contributed by atoms with van der Waals surface area (Å²) in [4.78, 5) is 15.3. The van der Waals surface area contributed by atoms with Gasteiger partial charge in [-0.1, -0.05) is 30.3 Å². The minimum absolute atomic E-state index is 0.261. The molecular formula is C21H16BrNO3. The van der Waals surface area contributed by atoms with Crippen molar-refractivity contribution in [2.75, 3.05) is 0 Å². The fourth-order valence-electron chi connectivity index (χ4n) is 2.28. The molecule has 0 amide bonds. The van der Waals surface area contributed by atoms with Crippen LogP contribution in [0.15, 0.2) is 82.3 Å². The van der Waals surface area contributed by atoms with Crippen LogP contribution in [0, 0.1) is 0 Å². The van der Waals surface area contributed by atoms with E-state index in [0.29, 0.717) is 12.4 Å². The van der Waals surface area contributed by atoms with Crippen molar-refractivity contribution < 1.29 is 14.6 Å². The van der Waals surface area contributed by atoms with Crippen LogP contribution in [-0.4, -0.2) is 17.3 Å². The Bertz CT molecular complexity index is 922. The van der Waals surface area contributed by atoms with Crippen LogP contribution >= 0.6 is 15.9 Å². The number of rotatable bonds is 6. The predicted octanol–water partition coefficient (Wildman–Crippen LogP) is 5.48. The van der Waals surface area contributed by atoms with Crippen molar-refractivity contribution in [1.29, 1.82) is 0 Å². The highest BCUT2D eigenvalue weighted by Gasteiger charge is 2.05. The molecule has 0 aliphatic heterocycles. The van der Waals surface area contributed by atoms with Crippen LogP contribution in [0.5, 0.6) is 5.75 Å². The number of hydrogen-bond acceptors (Lipinski definition) is 3. The quantitative estimate of drug-likeness (QED) is 0.548. The van der Waals surface area contributed by atoms with E-state index in [1.807, 2.05) is 48.5 Å². The Morgan fingerprint density at radius 3 is 2.42 bits per heavy atom. The Hall–Kier alpha value is -2.92. The van der Waals surface area contributed by atoms with Gasteiger partial charge in [-0.25, -0.2) is 4.79 Å². The SMILES string of the molecule is O=C(O)c1ccc(COc2ccc(C=Nc3ccccc3)cc2Br)cc1. The molecule has 130 valence electrons. The maximum atomic E-state index is 10.9. The molecule has 0 heterocycles. The van der Waals surface area contributed by atoms with Gasteiger partial charge in [-0.2, -0.15) is 0 Å². The van der Waals surface area contributed by atoms with E-state index < -0.39 is 5.97 Å². The zero-order valence-corrected chi connectivity index (χ0v) is 15.4. The zero-order chi connectivity index (χ0) is 18.4. The molecule has 0 radical (unpaired) electrons. The first-order valence-corrected chi connectivity index (χ1v) is 8.75. The molecule has 0 bridgehead atoms. The first-order chi connectivity index (χ1) is 12.6. The summed E-state index contributed by atoms with van der Waals surface area (Å²) in [6.45, 7) is 0.357. The van der Waals surface area contributed by atoms with Gasteiger partial charge in [-0.3, -0.25) is 4.99 Å². The van der Waals surface area contributed by atoms with Crippen molar-refractivity contribution >= 4 is 33.8 Å². The van der Waals surface area contributed by atoms with Gasteiger partial charge in [0.2, 0.25) is 0 Å². The molecule has 3 aromatic rings. The Morgan fingerprint density at radius 1 is 1.04 bits per heavy atom. The number of benzene rings is 3. The van der Waals surface area contributed by atoms with E-state index in [1.165, 1.54) is 0 Å². The molecule has 1 N–H and O–H groups in total. The summed E-state index contributed by atoms with van der Waals surface area (Å²) >= 11 is 3.51. The van der Waals surface area contributed by atoms with E-state index >= 15 is 0 Å². The fraction of sp³-hybridized carbons (Fsp3) is 0.0476. The highest BCUT2D eigenvalue weighted by atomic mass is 79.9. The van der Waals surface area contributed by atoms with Crippen LogP contribution in [0.1, 0.15) is 21.5 Å². The van der Waals surface area contributed by atoms with Crippen LogP contribution in [0.3, 0.4) is 0 Å². The Kier molecular flexibility index (Phi) is 5.81. The zero-order valence-electron chi connectivity index (χ0n) is 13.8. The topological polar surface area (TPSA) is 58.9 Å². The molecule has 0 aliphatic carbocycles. The number of carboxylic acid groups (broad SMARTS) is 1. The van der Waals surface area contributed by atoms with E-state index in [9.17, 15) is 4.79 Å². The second-order valence-corrected chi connectivity index (χ2v) is 6.43. The average molecular weight is 410 g/mol. The van der Waals surface area contributed by atoms with Crippen molar-refractivity contribution in [3.05, 3.63) is 94.0 Å². The number of aliphatic imine (C=N–C) groups is 1. The first kappa shape index (κ1) is 17.9. The van der Waals surface area contributed by atoms with Crippen molar-refractivity contribution in [2.24, 2.45) is 4.99 Å². The van der Waals surface area contributed by atoms with Gasteiger partial charge in [-0.15, -0.1) is 0 Å². The molecular weight excluding hydrogens is 394 g/mol. The predicted molar refractivity (Wildman–Crippen MR) is 106 cm³/mol. The molecule has 3 rings (SSSR count). The summed E-state index contributed by atoms with van der Waals surface area (Å²) in [5.74, 6) is -0.225. The van der Waals surface area contributed by atoms with Crippen LogP contribution in [0.4, 0.5) is 5.69 Å². The van der Waals surface area contributed by atoms with Crippen LogP contribution < -0.4 is 4.74 Å². The van der Waals surface area contributed by atoms with Gasteiger partial charge in [0.15, 0.2) is 0 Å². The van der Waals surface area contributed by atoms with Gasteiger partial charge in [0.25, 0.3) is 0 Å². The van der Waals surface area contributed by atoms with E-state index in [0.717, 1.165) is 21.3 Å². The molecule has 26 heavy (non-hydrogen) atoms. The molecule has 0 fully saturated rings. The van der Waals surface area contributed by atoms with Gasteiger partial charge in [0, 0.05) is 6.21 Å². The number of aromatic carboxylic acids is 1. The van der Waals surface area contributed by atoms with E-state index in [1.54, 1.807) is 30.5 Å². The van der Waals surface area contributed by atoms with E-state index in [4.69, 9.17) is 9.84 Å². The second kappa shape index (κ2) is 8.45. The summed E-state index contributed by atoms with van der Waals surface area (Å²) in [7, 11) is 0. The minimum Gasteiger partial charge on any atom is -0.488 e. The lowest BCUT2D eigenvalue weighted by Gasteiger charge is -2.09. The van der Waals surface area contributed by atoms with E-state index in [2.05, 4.69) is 20.9 Å². The summed E-state index contributed by atoms with van der Waals surface area (Å²) < 4.78 is 6.63. The Morgan fingerprint density at radius 2 is 1.77 bits per heavy atom. The molecule has 3 aromatic carbocycles. The molecule has 0 saturated carbocycles. The number of ether oxygens (including phenoxy) is 1. The summed E-state index contributed by atoms with van der Waals surface area (Å²) in [5, 5.41) is 8.91. The molecule has 0 aliphatic rings. The van der Waals surface area contributed by atoms with Crippen LogP contribution in [0.2, 0.25) is 0 Å². The van der Waals surface area contributed by atoms with Crippen molar-refractivity contribution in [2.45, 2.75) is 6.61 Å². The lowest BCUT2D eigenvalue weighted by molar-refractivity contribution is 0.0697. The molecule has 4 nitrogen and oxygen atoms in total. The maximum absolute atomic E-state index is 10.9. The van der Waals surface area contributed by atoms with Gasteiger partial charge >= 0.3 is 5.97 Å². The lowest BCUT2D eigenvalue weighted by Crippen LogP contribution is -1.99. The van der Waals surface area contributed by atoms with Gasteiger partial charge < -0.3 is 9.84 Å². The number of hydrogen-bond donors (Lipinski definition) is 1. The lowest BCUT2D eigenvalue weighted by atomic mass is 10.1. The molecule has 0 unspecified atom stereocenters. The van der Waals surface area contributed by atoms with Crippen LogP contribution in [0.25, 0.3) is 0 Å². The third-order valence-electron chi connectivity index (χ3n) is 3.67. The number of carbonyl (C=O) groups is 1. The monoisotopic (exact) mass is 409 g/mol. The third kappa shape index (κ3) is 4.80. The fourth-order valence-corrected chi connectivity index (χ4v) is 2.79. The van der Waals surface area contributed by atoms with Gasteiger partial charge in [0.1, 0.15) is 12.4 Å². The van der Waals surface area contributed by atoms with Crippen molar-refractivity contribution in [3.63, 3.8) is 0 Å². The number of carboxylic acids is 1. The molecule has 5 heteroatoms. The first-order valence-electron chi connectivity index (χ1n) is 7.95. The Balaban J connectivity index is 1.64. The normalized spacial score (nSPS) is 10.8. The van der Waals surface area contributed by atoms with Crippen molar-refractivity contribution in [3.8, 4) is 5.75 Å².